The SMILES string of the molecule is O=C(NO)c1cnc(N2CC3CC3(NCc3ccc4cc(F)ccc4n3)C2)nc1. The maximum absolute atomic E-state index is 13.3. The van der Waals surface area contributed by atoms with Crippen molar-refractivity contribution in [3.63, 3.8) is 0 Å². The molecule has 3 aromatic rings. The highest BCUT2D eigenvalue weighted by molar-refractivity contribution is 5.92. The molecule has 2 aliphatic rings. The third-order valence-electron chi connectivity index (χ3n) is 5.76. The number of pyridine rings is 1. The van der Waals surface area contributed by atoms with E-state index in [4.69, 9.17) is 5.21 Å². The van der Waals surface area contributed by atoms with Gasteiger partial charge in [0.1, 0.15) is 5.82 Å². The van der Waals surface area contributed by atoms with Crippen LogP contribution in [0.1, 0.15) is 22.5 Å². The van der Waals surface area contributed by atoms with Gasteiger partial charge in [0.15, 0.2) is 0 Å². The molecular weight excluding hydrogens is 375 g/mol. The molecule has 1 aliphatic heterocycles. The van der Waals surface area contributed by atoms with E-state index >= 15 is 0 Å². The first-order chi connectivity index (χ1) is 14.1. The lowest BCUT2D eigenvalue weighted by Crippen LogP contribution is -2.38. The van der Waals surface area contributed by atoms with E-state index in [9.17, 15) is 9.18 Å². The molecule has 1 aromatic carbocycles. The number of anilines is 1. The summed E-state index contributed by atoms with van der Waals surface area (Å²) in [6, 6.07) is 8.42. The minimum atomic E-state index is -0.635. The Bertz CT molecular complexity index is 1090. The van der Waals surface area contributed by atoms with E-state index in [1.807, 2.05) is 12.1 Å². The summed E-state index contributed by atoms with van der Waals surface area (Å²) in [5.41, 5.74) is 3.49. The molecule has 3 N–H and O–H groups in total. The molecule has 9 heteroatoms. The maximum atomic E-state index is 13.3. The van der Waals surface area contributed by atoms with Crippen LogP contribution in [0.3, 0.4) is 0 Å². The summed E-state index contributed by atoms with van der Waals surface area (Å²) in [5.74, 6) is 0.188. The van der Waals surface area contributed by atoms with E-state index in [0.29, 0.717) is 18.4 Å². The number of aromatic nitrogens is 3. The Morgan fingerprint density at radius 1 is 1.28 bits per heavy atom. The Labute approximate surface area is 165 Å². The summed E-state index contributed by atoms with van der Waals surface area (Å²) in [4.78, 5) is 26.6. The van der Waals surface area contributed by atoms with Crippen molar-refractivity contribution in [1.82, 2.24) is 25.7 Å². The van der Waals surface area contributed by atoms with Gasteiger partial charge < -0.3 is 10.2 Å². The lowest BCUT2D eigenvalue weighted by molar-refractivity contribution is 0.0705. The predicted molar refractivity (Wildman–Crippen MR) is 103 cm³/mol. The van der Waals surface area contributed by atoms with Crippen molar-refractivity contribution in [3.8, 4) is 0 Å². The standard InChI is InChI=1S/C20H19FN6O2/c21-15-2-4-17-12(5-15)1-3-16(25-17)9-24-20-6-14(20)10-27(11-20)19-22-7-13(8-23-19)18(28)26-29/h1-5,7-8,14,24,29H,6,9-11H2,(H,26,28). The van der Waals surface area contributed by atoms with Crippen LogP contribution in [0.15, 0.2) is 42.7 Å². The van der Waals surface area contributed by atoms with Crippen LogP contribution in [0.2, 0.25) is 0 Å². The van der Waals surface area contributed by atoms with Gasteiger partial charge in [-0.15, -0.1) is 0 Å². The smallest absolute Gasteiger partial charge is 0.277 e. The molecule has 2 atom stereocenters. The van der Waals surface area contributed by atoms with Crippen molar-refractivity contribution in [2.45, 2.75) is 18.5 Å². The first-order valence-corrected chi connectivity index (χ1v) is 9.38. The highest BCUT2D eigenvalue weighted by Gasteiger charge is 2.60. The van der Waals surface area contributed by atoms with Gasteiger partial charge in [0.25, 0.3) is 5.91 Å². The molecule has 5 rings (SSSR count). The van der Waals surface area contributed by atoms with Gasteiger partial charge in [0, 0.05) is 43.0 Å². The van der Waals surface area contributed by atoms with Gasteiger partial charge in [0.05, 0.1) is 16.8 Å². The maximum Gasteiger partial charge on any atom is 0.277 e. The normalized spacial score (nSPS) is 22.6. The molecule has 2 fully saturated rings. The predicted octanol–water partition coefficient (Wildman–Crippen LogP) is 1.65. The molecule has 0 spiro atoms. The molecule has 0 bridgehead atoms. The first kappa shape index (κ1) is 17.9. The highest BCUT2D eigenvalue weighted by Crippen LogP contribution is 2.50. The number of piperidine rings is 1. The number of benzene rings is 1. The fourth-order valence-electron chi connectivity index (χ4n) is 4.08. The van der Waals surface area contributed by atoms with Crippen LogP contribution in [-0.4, -0.2) is 44.7 Å². The second-order valence-corrected chi connectivity index (χ2v) is 7.64. The Morgan fingerprint density at radius 3 is 2.90 bits per heavy atom. The molecule has 148 valence electrons. The number of nitrogens with zero attached hydrogens (tertiary/aromatic N) is 4. The number of nitrogens with one attached hydrogen (secondary N) is 2. The van der Waals surface area contributed by atoms with E-state index < -0.39 is 5.91 Å². The number of fused-ring (bicyclic) bond motifs is 2. The van der Waals surface area contributed by atoms with Crippen molar-refractivity contribution >= 4 is 22.8 Å². The van der Waals surface area contributed by atoms with Gasteiger partial charge in [-0.2, -0.15) is 0 Å². The van der Waals surface area contributed by atoms with Crippen LogP contribution >= 0.6 is 0 Å². The highest BCUT2D eigenvalue weighted by atomic mass is 19.1. The average Bonchev–Trinajstić information content (AvgIpc) is 3.31. The fourth-order valence-corrected chi connectivity index (χ4v) is 4.08. The molecule has 1 aliphatic carbocycles. The van der Waals surface area contributed by atoms with Crippen molar-refractivity contribution in [3.05, 3.63) is 59.8 Å². The Balaban J connectivity index is 1.24. The van der Waals surface area contributed by atoms with Gasteiger partial charge in [-0.1, -0.05) is 6.07 Å². The molecule has 0 radical (unpaired) electrons. The lowest BCUT2D eigenvalue weighted by Gasteiger charge is -2.21. The monoisotopic (exact) mass is 394 g/mol. The minimum absolute atomic E-state index is 0.0178. The van der Waals surface area contributed by atoms with E-state index in [1.54, 1.807) is 11.5 Å². The molecule has 1 saturated heterocycles. The second kappa shape index (κ2) is 6.71. The van der Waals surface area contributed by atoms with Gasteiger partial charge >= 0.3 is 0 Å². The van der Waals surface area contributed by atoms with Gasteiger partial charge in [-0.05, 0) is 36.6 Å². The van der Waals surface area contributed by atoms with E-state index in [2.05, 4.69) is 25.2 Å². The third-order valence-corrected chi connectivity index (χ3v) is 5.76. The van der Waals surface area contributed by atoms with Gasteiger partial charge in [0.2, 0.25) is 5.95 Å². The zero-order valence-electron chi connectivity index (χ0n) is 15.5. The van der Waals surface area contributed by atoms with E-state index in [0.717, 1.165) is 36.1 Å². The van der Waals surface area contributed by atoms with Crippen LogP contribution in [0.4, 0.5) is 10.3 Å². The Kier molecular flexibility index (Phi) is 4.14. The van der Waals surface area contributed by atoms with Gasteiger partial charge in [-0.25, -0.2) is 19.8 Å². The number of hydroxylamine groups is 1. The molecule has 29 heavy (non-hydrogen) atoms. The third kappa shape index (κ3) is 3.28. The number of carbonyl (C=O) groups excluding carboxylic acids is 1. The molecule has 2 unspecified atom stereocenters. The molecule has 1 amide bonds. The zero-order chi connectivity index (χ0) is 20.0. The van der Waals surface area contributed by atoms with Crippen molar-refractivity contribution < 1.29 is 14.4 Å². The zero-order valence-corrected chi connectivity index (χ0v) is 15.5. The number of carbonyl (C=O) groups is 1. The van der Waals surface area contributed by atoms with Crippen molar-refractivity contribution in [1.29, 1.82) is 0 Å². The summed E-state index contributed by atoms with van der Waals surface area (Å²) in [6.45, 7) is 2.26. The first-order valence-electron chi connectivity index (χ1n) is 9.38. The molecule has 3 heterocycles. The average molecular weight is 394 g/mol. The summed E-state index contributed by atoms with van der Waals surface area (Å²) in [5, 5.41) is 13.1. The van der Waals surface area contributed by atoms with Crippen molar-refractivity contribution in [2.75, 3.05) is 18.0 Å². The Hall–Kier alpha value is -3.17. The second-order valence-electron chi connectivity index (χ2n) is 7.64. The molecule has 2 aromatic heterocycles. The fraction of sp³-hybridized carbons (Fsp3) is 0.300. The van der Waals surface area contributed by atoms with Gasteiger partial charge in [-0.3, -0.25) is 15.0 Å². The summed E-state index contributed by atoms with van der Waals surface area (Å²) >= 11 is 0. The quantitative estimate of drug-likeness (QED) is 0.447. The number of halogens is 1. The number of hydrogen-bond donors (Lipinski definition) is 3. The van der Waals surface area contributed by atoms with Crippen LogP contribution in [0.25, 0.3) is 10.9 Å². The van der Waals surface area contributed by atoms with E-state index in [-0.39, 0.29) is 16.9 Å². The van der Waals surface area contributed by atoms with Crippen LogP contribution in [0.5, 0.6) is 0 Å². The topological polar surface area (TPSA) is 103 Å². The van der Waals surface area contributed by atoms with Crippen LogP contribution in [-0.2, 0) is 6.54 Å². The number of amides is 1. The van der Waals surface area contributed by atoms with E-state index in [1.165, 1.54) is 24.5 Å². The number of hydrogen-bond acceptors (Lipinski definition) is 7. The molecular formula is C20H19FN6O2. The number of rotatable bonds is 5. The summed E-state index contributed by atoms with van der Waals surface area (Å²) in [7, 11) is 0. The summed E-state index contributed by atoms with van der Waals surface area (Å²) < 4.78 is 13.3. The lowest BCUT2D eigenvalue weighted by atomic mass is 10.2. The Morgan fingerprint density at radius 2 is 2.10 bits per heavy atom. The molecule has 8 nitrogen and oxygen atoms in total. The van der Waals surface area contributed by atoms with Crippen LogP contribution < -0.4 is 15.7 Å². The summed E-state index contributed by atoms with van der Waals surface area (Å²) in [6.07, 6.45) is 3.90. The minimum Gasteiger partial charge on any atom is -0.339 e. The largest absolute Gasteiger partial charge is 0.339 e. The van der Waals surface area contributed by atoms with Crippen molar-refractivity contribution in [2.24, 2.45) is 5.92 Å². The molecule has 1 saturated carbocycles. The van der Waals surface area contributed by atoms with Crippen LogP contribution in [0, 0.1) is 11.7 Å².